The van der Waals surface area contributed by atoms with Crippen molar-refractivity contribution < 1.29 is 14.7 Å². The average molecular weight is 221 g/mol. The quantitative estimate of drug-likeness (QED) is 0.804. The average Bonchev–Trinajstić information content (AvgIpc) is 2.18. The number of carboxylic acids is 1. The molecule has 0 saturated heterocycles. The first-order valence-corrected chi connectivity index (χ1v) is 5.03. The first-order valence-electron chi connectivity index (χ1n) is 5.03. The second-order valence-electron chi connectivity index (χ2n) is 3.74. The lowest BCUT2D eigenvalue weighted by Gasteiger charge is -2.07. The number of hydrogen-bond donors (Lipinski definition) is 2. The van der Waals surface area contributed by atoms with Crippen molar-refractivity contribution in [1.82, 2.24) is 5.32 Å². The minimum Gasteiger partial charge on any atom is -0.481 e. The molecule has 0 atom stereocenters. The highest BCUT2D eigenvalue weighted by atomic mass is 16.4. The molecule has 1 aromatic rings. The van der Waals surface area contributed by atoms with Crippen LogP contribution in [0.1, 0.15) is 23.6 Å². The lowest BCUT2D eigenvalue weighted by Crippen LogP contribution is -2.19. The van der Waals surface area contributed by atoms with E-state index < -0.39 is 5.97 Å². The number of carbonyl (C=O) groups excluding carboxylic acids is 1. The van der Waals surface area contributed by atoms with Gasteiger partial charge >= 0.3 is 5.97 Å². The smallest absolute Gasteiger partial charge is 0.307 e. The van der Waals surface area contributed by atoms with Gasteiger partial charge in [-0.25, -0.2) is 0 Å². The van der Waals surface area contributed by atoms with Gasteiger partial charge in [0.2, 0.25) is 5.91 Å². The third-order valence-electron chi connectivity index (χ3n) is 2.29. The molecule has 0 aliphatic rings. The number of hydrogen-bond acceptors (Lipinski definition) is 2. The number of carbonyl (C=O) groups is 2. The number of nitrogens with one attached hydrogen (secondary N) is 1. The Morgan fingerprint density at radius 3 is 2.56 bits per heavy atom. The minimum absolute atomic E-state index is 0.0340. The van der Waals surface area contributed by atoms with Crippen LogP contribution in [0.3, 0.4) is 0 Å². The number of benzene rings is 1. The highest BCUT2D eigenvalue weighted by Crippen LogP contribution is 2.11. The molecule has 4 heteroatoms. The molecule has 0 spiro atoms. The number of aliphatic carboxylic acids is 1. The molecule has 16 heavy (non-hydrogen) atoms. The van der Waals surface area contributed by atoms with Gasteiger partial charge < -0.3 is 10.4 Å². The monoisotopic (exact) mass is 221 g/mol. The van der Waals surface area contributed by atoms with E-state index in [1.165, 1.54) is 6.92 Å². The molecular weight excluding hydrogens is 206 g/mol. The number of aryl methyl sites for hydroxylation is 1. The summed E-state index contributed by atoms with van der Waals surface area (Å²) in [5.41, 5.74) is 2.71. The van der Waals surface area contributed by atoms with Crippen LogP contribution in [0.4, 0.5) is 0 Å². The molecule has 0 aromatic heterocycles. The van der Waals surface area contributed by atoms with E-state index in [0.29, 0.717) is 6.54 Å². The maximum Gasteiger partial charge on any atom is 0.307 e. The normalized spacial score (nSPS) is 9.88. The van der Waals surface area contributed by atoms with E-state index >= 15 is 0 Å². The Hall–Kier alpha value is -1.84. The van der Waals surface area contributed by atoms with E-state index in [-0.39, 0.29) is 12.3 Å². The summed E-state index contributed by atoms with van der Waals surface area (Å²) in [5, 5.41) is 11.4. The van der Waals surface area contributed by atoms with Gasteiger partial charge in [0.1, 0.15) is 0 Å². The molecule has 4 nitrogen and oxygen atoms in total. The maximum atomic E-state index is 10.7. The first-order chi connectivity index (χ1) is 7.49. The Morgan fingerprint density at radius 1 is 1.38 bits per heavy atom. The maximum absolute atomic E-state index is 10.7. The zero-order valence-electron chi connectivity index (χ0n) is 9.41. The predicted molar refractivity (Wildman–Crippen MR) is 60.0 cm³/mol. The van der Waals surface area contributed by atoms with Gasteiger partial charge in [0.25, 0.3) is 0 Å². The van der Waals surface area contributed by atoms with E-state index in [1.54, 1.807) is 6.07 Å². The fourth-order valence-electron chi connectivity index (χ4n) is 1.46. The standard InChI is InChI=1S/C12H15NO3/c1-8-5-10(7-13-9(2)14)3-4-11(8)6-12(15)16/h3-5H,6-7H2,1-2H3,(H,13,14)(H,15,16). The van der Waals surface area contributed by atoms with Crippen LogP contribution in [0.25, 0.3) is 0 Å². The van der Waals surface area contributed by atoms with E-state index in [0.717, 1.165) is 16.7 Å². The van der Waals surface area contributed by atoms with Crippen LogP contribution >= 0.6 is 0 Å². The molecule has 0 heterocycles. The van der Waals surface area contributed by atoms with Gasteiger partial charge in [-0.05, 0) is 23.6 Å². The van der Waals surface area contributed by atoms with Crippen LogP contribution in [0.2, 0.25) is 0 Å². The largest absolute Gasteiger partial charge is 0.481 e. The zero-order valence-corrected chi connectivity index (χ0v) is 9.41. The van der Waals surface area contributed by atoms with Crippen molar-refractivity contribution >= 4 is 11.9 Å². The van der Waals surface area contributed by atoms with Crippen molar-refractivity contribution in [1.29, 1.82) is 0 Å². The SMILES string of the molecule is CC(=O)NCc1ccc(CC(=O)O)c(C)c1. The van der Waals surface area contributed by atoms with Gasteiger partial charge in [0, 0.05) is 13.5 Å². The van der Waals surface area contributed by atoms with Gasteiger partial charge in [-0.2, -0.15) is 0 Å². The van der Waals surface area contributed by atoms with Crippen molar-refractivity contribution in [3.05, 3.63) is 34.9 Å². The molecule has 0 aliphatic carbocycles. The topological polar surface area (TPSA) is 66.4 Å². The van der Waals surface area contributed by atoms with Crippen molar-refractivity contribution in [2.75, 3.05) is 0 Å². The Kier molecular flexibility index (Phi) is 4.05. The van der Waals surface area contributed by atoms with Crippen molar-refractivity contribution in [3.8, 4) is 0 Å². The summed E-state index contributed by atoms with van der Waals surface area (Å²) in [6.07, 6.45) is 0.0340. The molecular formula is C12H15NO3. The minimum atomic E-state index is -0.835. The van der Waals surface area contributed by atoms with Crippen molar-refractivity contribution in [2.45, 2.75) is 26.8 Å². The third-order valence-corrected chi connectivity index (χ3v) is 2.29. The third kappa shape index (κ3) is 3.73. The van der Waals surface area contributed by atoms with Crippen LogP contribution < -0.4 is 5.32 Å². The van der Waals surface area contributed by atoms with Crippen molar-refractivity contribution in [3.63, 3.8) is 0 Å². The highest BCUT2D eigenvalue weighted by Gasteiger charge is 2.04. The Balaban J connectivity index is 2.74. The van der Waals surface area contributed by atoms with Gasteiger partial charge in [-0.3, -0.25) is 9.59 Å². The van der Waals surface area contributed by atoms with Crippen LogP contribution in [0.5, 0.6) is 0 Å². The molecule has 2 N–H and O–H groups in total. The Bertz CT molecular complexity index is 413. The molecule has 0 unspecified atom stereocenters. The molecule has 0 aliphatic heterocycles. The van der Waals surface area contributed by atoms with Crippen LogP contribution in [-0.2, 0) is 22.6 Å². The summed E-state index contributed by atoms with van der Waals surface area (Å²) in [4.78, 5) is 21.3. The van der Waals surface area contributed by atoms with Crippen LogP contribution in [-0.4, -0.2) is 17.0 Å². The second kappa shape index (κ2) is 5.30. The van der Waals surface area contributed by atoms with Gasteiger partial charge in [-0.1, -0.05) is 18.2 Å². The lowest BCUT2D eigenvalue weighted by molar-refractivity contribution is -0.136. The predicted octanol–water partition coefficient (Wildman–Crippen LogP) is 1.26. The molecule has 86 valence electrons. The number of carboxylic acid groups (broad SMARTS) is 1. The highest BCUT2D eigenvalue weighted by molar-refractivity contribution is 5.73. The summed E-state index contributed by atoms with van der Waals surface area (Å²) < 4.78 is 0. The fourth-order valence-corrected chi connectivity index (χ4v) is 1.46. The van der Waals surface area contributed by atoms with Crippen molar-refractivity contribution in [2.24, 2.45) is 0 Å². The summed E-state index contributed by atoms with van der Waals surface area (Å²) in [5.74, 6) is -0.912. The summed E-state index contributed by atoms with van der Waals surface area (Å²) in [6.45, 7) is 3.81. The molecule has 0 bridgehead atoms. The molecule has 0 radical (unpaired) electrons. The van der Waals surface area contributed by atoms with Crippen LogP contribution in [0.15, 0.2) is 18.2 Å². The Morgan fingerprint density at radius 2 is 2.06 bits per heavy atom. The number of rotatable bonds is 4. The molecule has 1 amide bonds. The van der Waals surface area contributed by atoms with Gasteiger partial charge in [-0.15, -0.1) is 0 Å². The van der Waals surface area contributed by atoms with E-state index in [9.17, 15) is 9.59 Å². The molecule has 1 aromatic carbocycles. The molecule has 1 rings (SSSR count). The molecule has 0 fully saturated rings. The van der Waals surface area contributed by atoms with Crippen LogP contribution in [0, 0.1) is 6.92 Å². The van der Waals surface area contributed by atoms with E-state index in [1.807, 2.05) is 19.1 Å². The second-order valence-corrected chi connectivity index (χ2v) is 3.74. The Labute approximate surface area is 94.3 Å². The fraction of sp³-hybridized carbons (Fsp3) is 0.333. The molecule has 0 saturated carbocycles. The van der Waals surface area contributed by atoms with E-state index in [4.69, 9.17) is 5.11 Å². The van der Waals surface area contributed by atoms with Gasteiger partial charge in [0.15, 0.2) is 0 Å². The summed E-state index contributed by atoms with van der Waals surface area (Å²) in [7, 11) is 0. The first kappa shape index (κ1) is 12.2. The zero-order chi connectivity index (χ0) is 12.1. The number of amides is 1. The summed E-state index contributed by atoms with van der Waals surface area (Å²) >= 11 is 0. The lowest BCUT2D eigenvalue weighted by atomic mass is 10.0. The summed E-state index contributed by atoms with van der Waals surface area (Å²) in [6, 6.07) is 5.52. The van der Waals surface area contributed by atoms with Gasteiger partial charge in [0.05, 0.1) is 6.42 Å². The van der Waals surface area contributed by atoms with E-state index in [2.05, 4.69) is 5.32 Å².